The lowest BCUT2D eigenvalue weighted by Gasteiger charge is -2.11. The lowest BCUT2D eigenvalue weighted by Crippen LogP contribution is -2.00. The Hall–Kier alpha value is -2.86. The Balaban J connectivity index is 1.59. The van der Waals surface area contributed by atoms with Gasteiger partial charge in [0.1, 0.15) is 0 Å². The first-order chi connectivity index (χ1) is 15.1. The molecule has 0 aliphatic rings. The number of benzene rings is 2. The number of nitrogens with one attached hydrogen (secondary N) is 1. The molecule has 0 fully saturated rings. The molecule has 164 valence electrons. The van der Waals surface area contributed by atoms with E-state index in [2.05, 4.69) is 54.5 Å². The molecule has 3 rings (SSSR count). The molecule has 0 aliphatic heterocycles. The van der Waals surface area contributed by atoms with Crippen LogP contribution in [0.5, 0.6) is 11.5 Å². The maximum absolute atomic E-state index is 5.87. The van der Waals surface area contributed by atoms with Gasteiger partial charge in [-0.2, -0.15) is 5.10 Å². The second-order valence-corrected chi connectivity index (χ2v) is 8.40. The summed E-state index contributed by atoms with van der Waals surface area (Å²) in [6.45, 7) is 7.12. The lowest BCUT2D eigenvalue weighted by atomic mass is 10.0. The van der Waals surface area contributed by atoms with Crippen LogP contribution in [0.3, 0.4) is 0 Å². The van der Waals surface area contributed by atoms with Crippen molar-refractivity contribution in [3.05, 3.63) is 58.5 Å². The third-order valence-electron chi connectivity index (χ3n) is 4.98. The van der Waals surface area contributed by atoms with Crippen molar-refractivity contribution in [1.29, 1.82) is 0 Å². The Labute approximate surface area is 189 Å². The molecule has 3 aromatic rings. The molecule has 1 aromatic heterocycles. The number of thiazole rings is 1. The Morgan fingerprint density at radius 2 is 1.94 bits per heavy atom. The van der Waals surface area contributed by atoms with Crippen LogP contribution in [0, 0.1) is 13.8 Å². The van der Waals surface area contributed by atoms with E-state index < -0.39 is 0 Å². The van der Waals surface area contributed by atoms with E-state index in [0.29, 0.717) is 12.4 Å². The summed E-state index contributed by atoms with van der Waals surface area (Å²) < 4.78 is 11.4. The number of ether oxygens (including phenoxy) is 2. The van der Waals surface area contributed by atoms with Crippen LogP contribution in [0.15, 0.2) is 46.9 Å². The molecule has 0 bridgehead atoms. The van der Waals surface area contributed by atoms with Gasteiger partial charge >= 0.3 is 0 Å². The second kappa shape index (κ2) is 11.5. The van der Waals surface area contributed by atoms with Gasteiger partial charge in [-0.15, -0.1) is 11.3 Å². The summed E-state index contributed by atoms with van der Waals surface area (Å²) in [4.78, 5) is 4.65. The molecule has 0 spiro atoms. The number of methoxy groups -OCH3 is 1. The fourth-order valence-electron chi connectivity index (χ4n) is 3.31. The number of anilines is 1. The number of nitrogens with zero attached hydrogens (tertiary/aromatic N) is 2. The molecule has 5 nitrogen and oxygen atoms in total. The summed E-state index contributed by atoms with van der Waals surface area (Å²) in [5.74, 6) is 1.48. The summed E-state index contributed by atoms with van der Waals surface area (Å²) in [6.07, 6.45) is 6.47. The van der Waals surface area contributed by atoms with Crippen molar-refractivity contribution in [3.63, 3.8) is 0 Å². The number of aromatic nitrogens is 1. The van der Waals surface area contributed by atoms with Gasteiger partial charge in [-0.05, 0) is 49.6 Å². The Morgan fingerprint density at radius 3 is 2.71 bits per heavy atom. The molecule has 0 unspecified atom stereocenters. The van der Waals surface area contributed by atoms with Gasteiger partial charge in [0.2, 0.25) is 5.13 Å². The van der Waals surface area contributed by atoms with Crippen LogP contribution in [-0.4, -0.2) is 24.9 Å². The van der Waals surface area contributed by atoms with Gasteiger partial charge in [-0.25, -0.2) is 4.98 Å². The van der Waals surface area contributed by atoms with E-state index in [1.54, 1.807) is 13.3 Å². The summed E-state index contributed by atoms with van der Waals surface area (Å²) in [6, 6.07) is 12.2. The second-order valence-electron chi connectivity index (χ2n) is 7.55. The first-order valence-corrected chi connectivity index (χ1v) is 11.6. The first kappa shape index (κ1) is 22.8. The third kappa shape index (κ3) is 6.56. The van der Waals surface area contributed by atoms with Crippen LogP contribution in [-0.2, 0) is 0 Å². The standard InChI is InChI=1S/C25H31N3O2S/c1-5-6-7-8-13-30-23-12-10-20(15-24(23)29-4)16-26-28-25-27-22(17-31-25)21-11-9-18(2)14-19(21)3/h9-12,14-17H,5-8,13H2,1-4H3,(H,27,28)/b26-16-. The quantitative estimate of drug-likeness (QED) is 0.203. The van der Waals surface area contributed by atoms with Gasteiger partial charge in [0.05, 0.1) is 25.6 Å². The monoisotopic (exact) mass is 437 g/mol. The van der Waals surface area contributed by atoms with Crippen LogP contribution < -0.4 is 14.9 Å². The number of hydrazone groups is 1. The molecule has 0 radical (unpaired) electrons. The zero-order chi connectivity index (χ0) is 22.1. The topological polar surface area (TPSA) is 55.7 Å². The van der Waals surface area contributed by atoms with Crippen LogP contribution in [0.1, 0.15) is 49.3 Å². The van der Waals surface area contributed by atoms with Gasteiger partial charge in [-0.3, -0.25) is 5.43 Å². The highest BCUT2D eigenvalue weighted by Gasteiger charge is 2.08. The fraction of sp³-hybridized carbons (Fsp3) is 0.360. The van der Waals surface area contributed by atoms with Crippen molar-refractivity contribution in [2.45, 2.75) is 46.5 Å². The summed E-state index contributed by atoms with van der Waals surface area (Å²) >= 11 is 1.54. The molecule has 6 heteroatoms. The van der Waals surface area contributed by atoms with Gasteiger partial charge < -0.3 is 9.47 Å². The van der Waals surface area contributed by atoms with E-state index in [1.165, 1.54) is 41.7 Å². The third-order valence-corrected chi connectivity index (χ3v) is 5.73. The zero-order valence-corrected chi connectivity index (χ0v) is 19.6. The van der Waals surface area contributed by atoms with E-state index in [1.807, 2.05) is 23.6 Å². The van der Waals surface area contributed by atoms with E-state index in [9.17, 15) is 0 Å². The minimum absolute atomic E-state index is 0.707. The molecule has 0 saturated heterocycles. The predicted octanol–water partition coefficient (Wildman–Crippen LogP) is 6.84. The molecule has 0 amide bonds. The van der Waals surface area contributed by atoms with Gasteiger partial charge in [0, 0.05) is 10.9 Å². The Bertz CT molecular complexity index is 1010. The van der Waals surface area contributed by atoms with Crippen LogP contribution in [0.25, 0.3) is 11.3 Å². The first-order valence-electron chi connectivity index (χ1n) is 10.7. The van der Waals surface area contributed by atoms with E-state index in [4.69, 9.17) is 9.47 Å². The van der Waals surface area contributed by atoms with Crippen molar-refractivity contribution in [2.24, 2.45) is 5.10 Å². The predicted molar refractivity (Wildman–Crippen MR) is 131 cm³/mol. The van der Waals surface area contributed by atoms with Gasteiger partial charge in [-0.1, -0.05) is 49.9 Å². The number of unbranched alkanes of at least 4 members (excludes halogenated alkanes) is 3. The van der Waals surface area contributed by atoms with E-state index in [-0.39, 0.29) is 0 Å². The average Bonchev–Trinajstić information content (AvgIpc) is 3.22. The van der Waals surface area contributed by atoms with Crippen molar-refractivity contribution < 1.29 is 9.47 Å². The van der Waals surface area contributed by atoms with Crippen molar-refractivity contribution in [1.82, 2.24) is 4.98 Å². The number of hydrogen-bond donors (Lipinski definition) is 1. The number of aryl methyl sites for hydroxylation is 2. The highest BCUT2D eigenvalue weighted by Crippen LogP contribution is 2.29. The SMILES string of the molecule is CCCCCCOc1ccc(/C=N\Nc2nc(-c3ccc(C)cc3C)cs2)cc1OC. The molecule has 2 aromatic carbocycles. The van der Waals surface area contributed by atoms with E-state index >= 15 is 0 Å². The Kier molecular flexibility index (Phi) is 8.47. The molecule has 0 aliphatic carbocycles. The number of hydrogen-bond acceptors (Lipinski definition) is 6. The van der Waals surface area contributed by atoms with Gasteiger partial charge in [0.15, 0.2) is 11.5 Å². The lowest BCUT2D eigenvalue weighted by molar-refractivity contribution is 0.285. The zero-order valence-electron chi connectivity index (χ0n) is 18.8. The van der Waals surface area contributed by atoms with E-state index in [0.717, 1.165) is 34.1 Å². The smallest absolute Gasteiger partial charge is 0.203 e. The average molecular weight is 438 g/mol. The van der Waals surface area contributed by atoms with Crippen molar-refractivity contribution in [3.8, 4) is 22.8 Å². The molecule has 1 N–H and O–H groups in total. The minimum Gasteiger partial charge on any atom is -0.493 e. The van der Waals surface area contributed by atoms with Crippen LogP contribution >= 0.6 is 11.3 Å². The Morgan fingerprint density at radius 1 is 1.06 bits per heavy atom. The van der Waals surface area contributed by atoms with Crippen molar-refractivity contribution >= 4 is 22.7 Å². The molecule has 1 heterocycles. The maximum Gasteiger partial charge on any atom is 0.203 e. The molecular formula is C25H31N3O2S. The summed E-state index contributed by atoms with van der Waals surface area (Å²) in [7, 11) is 1.66. The number of rotatable bonds is 11. The van der Waals surface area contributed by atoms with Crippen molar-refractivity contribution in [2.75, 3.05) is 19.1 Å². The molecule has 0 atom stereocenters. The molecular weight excluding hydrogens is 406 g/mol. The van der Waals surface area contributed by atoms with Gasteiger partial charge in [0.25, 0.3) is 0 Å². The highest BCUT2D eigenvalue weighted by molar-refractivity contribution is 7.14. The van der Waals surface area contributed by atoms with Crippen LogP contribution in [0.2, 0.25) is 0 Å². The largest absolute Gasteiger partial charge is 0.493 e. The molecule has 31 heavy (non-hydrogen) atoms. The highest BCUT2D eigenvalue weighted by atomic mass is 32.1. The summed E-state index contributed by atoms with van der Waals surface area (Å²) in [5, 5.41) is 7.13. The minimum atomic E-state index is 0.707. The normalized spacial score (nSPS) is 11.1. The molecule has 0 saturated carbocycles. The summed E-state index contributed by atoms with van der Waals surface area (Å²) in [5.41, 5.74) is 8.53. The van der Waals surface area contributed by atoms with Crippen LogP contribution in [0.4, 0.5) is 5.13 Å². The maximum atomic E-state index is 5.87. The fourth-order valence-corrected chi connectivity index (χ4v) is 3.97.